The third-order valence-electron chi connectivity index (χ3n) is 4.84. The summed E-state index contributed by atoms with van der Waals surface area (Å²) in [4.78, 5) is 0. The van der Waals surface area contributed by atoms with Crippen LogP contribution in [0.2, 0.25) is 0 Å². The van der Waals surface area contributed by atoms with Gasteiger partial charge in [0.05, 0.1) is 17.7 Å². The molecular formula is C20H16BF10N3O. The molecule has 1 atom stereocenters. The van der Waals surface area contributed by atoms with Gasteiger partial charge in [0, 0.05) is 11.5 Å². The summed E-state index contributed by atoms with van der Waals surface area (Å²) in [6.07, 6.45) is -7.84. The number of hydrogen-bond donors (Lipinski definition) is 0. The van der Waals surface area contributed by atoms with Crippen LogP contribution in [0.5, 0.6) is 0 Å². The predicted molar refractivity (Wildman–Crippen MR) is 103 cm³/mol. The van der Waals surface area contributed by atoms with Crippen molar-refractivity contribution in [2.24, 2.45) is 0 Å². The lowest BCUT2D eigenvalue weighted by Crippen LogP contribution is -2.48. The van der Waals surface area contributed by atoms with Crippen LogP contribution >= 0.6 is 0 Å². The van der Waals surface area contributed by atoms with Crippen molar-refractivity contribution in [3.63, 3.8) is 0 Å². The number of ether oxygens (including phenoxy) is 1. The molecular weight excluding hydrogens is 499 g/mol. The van der Waals surface area contributed by atoms with Crippen LogP contribution in [0.4, 0.5) is 43.6 Å². The summed E-state index contributed by atoms with van der Waals surface area (Å²) in [7, 11) is -6.00. The number of hydrogen-bond acceptors (Lipinski definition) is 2. The number of rotatable bonds is 3. The number of nitrogens with zero attached hydrogens (tertiary/aromatic N) is 3. The molecule has 1 aromatic heterocycles. The van der Waals surface area contributed by atoms with Crippen molar-refractivity contribution in [1.82, 2.24) is 9.78 Å². The Balaban J connectivity index is 0.000000623. The Morgan fingerprint density at radius 3 is 1.97 bits per heavy atom. The van der Waals surface area contributed by atoms with Gasteiger partial charge in [0.25, 0.3) is 0 Å². The second kappa shape index (κ2) is 9.87. The maximum Gasteiger partial charge on any atom is 0.673 e. The lowest BCUT2D eigenvalue weighted by Gasteiger charge is -2.19. The van der Waals surface area contributed by atoms with Crippen molar-refractivity contribution in [1.29, 1.82) is 0 Å². The molecule has 0 fully saturated rings. The zero-order chi connectivity index (χ0) is 26.0. The van der Waals surface area contributed by atoms with E-state index in [1.54, 1.807) is 4.57 Å². The van der Waals surface area contributed by atoms with Crippen LogP contribution in [-0.4, -0.2) is 23.6 Å². The minimum atomic E-state index is -6.00. The summed E-state index contributed by atoms with van der Waals surface area (Å²) >= 11 is 0. The van der Waals surface area contributed by atoms with Crippen molar-refractivity contribution < 1.29 is 52.9 Å². The fourth-order valence-electron chi connectivity index (χ4n) is 3.40. The predicted octanol–water partition coefficient (Wildman–Crippen LogP) is 5.81. The summed E-state index contributed by atoms with van der Waals surface area (Å²) in [5, 5.41) is 4.18. The fourth-order valence-corrected chi connectivity index (χ4v) is 3.40. The smallest absolute Gasteiger partial charge is 0.418 e. The van der Waals surface area contributed by atoms with E-state index in [0.717, 1.165) is 10.2 Å². The fraction of sp³-hybridized carbons (Fsp3) is 0.300. The average molecular weight is 515 g/mol. The molecule has 35 heavy (non-hydrogen) atoms. The summed E-state index contributed by atoms with van der Waals surface area (Å²) in [5.74, 6) is 0.424. The summed E-state index contributed by atoms with van der Waals surface area (Å²) in [6.45, 7) is 0.470. The lowest BCUT2D eigenvalue weighted by atomic mass is 10.1. The van der Waals surface area contributed by atoms with E-state index in [9.17, 15) is 43.6 Å². The molecule has 2 heterocycles. The molecule has 0 saturated heterocycles. The van der Waals surface area contributed by atoms with Gasteiger partial charge in [-0.2, -0.15) is 26.3 Å². The Morgan fingerprint density at radius 2 is 1.46 bits per heavy atom. The van der Waals surface area contributed by atoms with Crippen molar-refractivity contribution in [2.45, 2.75) is 31.4 Å². The van der Waals surface area contributed by atoms with Crippen molar-refractivity contribution >= 4 is 7.25 Å². The second-order valence-electron chi connectivity index (χ2n) is 7.50. The van der Waals surface area contributed by atoms with Crippen LogP contribution in [0.25, 0.3) is 5.69 Å². The van der Waals surface area contributed by atoms with Crippen LogP contribution in [0, 0.1) is 0 Å². The molecule has 0 radical (unpaired) electrons. The van der Waals surface area contributed by atoms with E-state index in [1.165, 1.54) is 6.33 Å². The maximum atomic E-state index is 13.2. The monoisotopic (exact) mass is 515 g/mol. The van der Waals surface area contributed by atoms with E-state index in [1.807, 2.05) is 30.3 Å². The third-order valence-corrected chi connectivity index (χ3v) is 4.84. The molecule has 190 valence electrons. The number of halogens is 10. The zero-order valence-electron chi connectivity index (χ0n) is 17.5. The third kappa shape index (κ3) is 7.44. The van der Waals surface area contributed by atoms with Crippen molar-refractivity contribution in [2.75, 3.05) is 6.61 Å². The molecule has 1 aliphatic rings. The summed E-state index contributed by atoms with van der Waals surface area (Å²) in [6, 6.07) is 10.7. The minimum absolute atomic E-state index is 0.0986. The Bertz CT molecular complexity index is 1100. The van der Waals surface area contributed by atoms with Gasteiger partial charge in [0.15, 0.2) is 0 Å². The van der Waals surface area contributed by atoms with Gasteiger partial charge in [-0.05, 0) is 23.8 Å². The molecule has 3 aromatic rings. The van der Waals surface area contributed by atoms with Gasteiger partial charge in [-0.25, -0.2) is 4.57 Å². The molecule has 0 unspecified atom stereocenters. The number of aromatic nitrogens is 3. The number of benzene rings is 2. The Morgan fingerprint density at radius 1 is 0.914 bits per heavy atom. The Labute approximate surface area is 191 Å². The Hall–Kier alpha value is -3.10. The van der Waals surface area contributed by atoms with Crippen LogP contribution in [-0.2, 0) is 30.1 Å². The molecule has 4 nitrogen and oxygen atoms in total. The molecule has 4 rings (SSSR count). The van der Waals surface area contributed by atoms with E-state index >= 15 is 0 Å². The van der Waals surface area contributed by atoms with Crippen LogP contribution in [0.1, 0.15) is 28.6 Å². The summed E-state index contributed by atoms with van der Waals surface area (Å²) in [5.41, 5.74) is -2.07. The highest BCUT2D eigenvalue weighted by Crippen LogP contribution is 2.37. The van der Waals surface area contributed by atoms with Crippen LogP contribution in [0.15, 0.2) is 54.9 Å². The molecule has 0 saturated carbocycles. The molecule has 0 aliphatic carbocycles. The molecule has 0 amide bonds. The SMILES string of the molecule is FC(F)(F)c1cc(-n2c[n+]3c(n2)COC[C@H]3Cc2ccccc2)cc(C(F)(F)F)c1.F[B-](F)(F)F. The average Bonchev–Trinajstić information content (AvgIpc) is 3.17. The van der Waals surface area contributed by atoms with Gasteiger partial charge in [0.1, 0.15) is 18.3 Å². The van der Waals surface area contributed by atoms with Crippen molar-refractivity contribution in [3.05, 3.63) is 77.4 Å². The van der Waals surface area contributed by atoms with Gasteiger partial charge in [-0.3, -0.25) is 0 Å². The van der Waals surface area contributed by atoms with Gasteiger partial charge in [-0.1, -0.05) is 35.0 Å². The number of alkyl halides is 6. The van der Waals surface area contributed by atoms with E-state index < -0.39 is 30.7 Å². The van der Waals surface area contributed by atoms with E-state index in [4.69, 9.17) is 4.74 Å². The Kier molecular flexibility index (Phi) is 7.48. The topological polar surface area (TPSA) is 30.9 Å². The summed E-state index contributed by atoms with van der Waals surface area (Å²) < 4.78 is 126. The van der Waals surface area contributed by atoms with Crippen LogP contribution in [0.3, 0.4) is 0 Å². The first kappa shape index (κ1) is 26.5. The zero-order valence-corrected chi connectivity index (χ0v) is 17.5. The quantitative estimate of drug-likeness (QED) is 0.251. The second-order valence-corrected chi connectivity index (χ2v) is 7.50. The molecule has 0 spiro atoms. The highest BCUT2D eigenvalue weighted by Gasteiger charge is 2.38. The first-order valence-corrected chi connectivity index (χ1v) is 9.90. The van der Waals surface area contributed by atoms with Crippen molar-refractivity contribution in [3.8, 4) is 5.69 Å². The van der Waals surface area contributed by atoms with Crippen LogP contribution < -0.4 is 4.57 Å². The number of fused-ring (bicyclic) bond motifs is 1. The highest BCUT2D eigenvalue weighted by molar-refractivity contribution is 6.50. The molecule has 0 N–H and O–H groups in total. The van der Waals surface area contributed by atoms with E-state index in [2.05, 4.69) is 5.10 Å². The van der Waals surface area contributed by atoms with Gasteiger partial charge in [-0.15, -0.1) is 0 Å². The van der Waals surface area contributed by atoms with E-state index in [-0.39, 0.29) is 24.4 Å². The molecule has 2 aromatic carbocycles. The standard InChI is InChI=1S/C20H16F6N3O.BF4/c21-19(22,23)14-7-15(20(24,25)26)9-16(8-14)29-12-28-17(10-30-11-18(28)27-29)6-13-4-2-1-3-5-13;2-1(3,4)5/h1-5,7-9,12,17H,6,10-11H2;/q+1;-1/t17-;/m1./s1. The van der Waals surface area contributed by atoms with E-state index in [0.29, 0.717) is 31.0 Å². The molecule has 0 bridgehead atoms. The molecule has 15 heteroatoms. The minimum Gasteiger partial charge on any atom is -0.418 e. The maximum absolute atomic E-state index is 13.2. The van der Waals surface area contributed by atoms with Gasteiger partial charge in [0.2, 0.25) is 6.33 Å². The first-order chi connectivity index (χ1) is 16.1. The molecule has 1 aliphatic heterocycles. The lowest BCUT2D eigenvalue weighted by molar-refractivity contribution is -0.742. The van der Waals surface area contributed by atoms with Gasteiger partial charge < -0.3 is 22.0 Å². The normalized spacial score (nSPS) is 16.3. The largest absolute Gasteiger partial charge is 0.673 e. The first-order valence-electron chi connectivity index (χ1n) is 9.90. The highest BCUT2D eigenvalue weighted by atomic mass is 19.5. The van der Waals surface area contributed by atoms with Gasteiger partial charge >= 0.3 is 25.4 Å².